The van der Waals surface area contributed by atoms with E-state index in [4.69, 9.17) is 11.6 Å². The SMILES string of the molecule is Cc1ccc(S(=O)(=O)Nc2cccc(C3CC(C)(C)c4cc(Cl)ccc4N3)c2)cc1. The molecule has 0 aromatic heterocycles. The fourth-order valence-corrected chi connectivity index (χ4v) is 5.23. The molecule has 3 aromatic carbocycles. The normalized spacial score (nSPS) is 17.7. The molecule has 0 amide bonds. The number of benzene rings is 3. The van der Waals surface area contributed by atoms with Crippen LogP contribution in [0.1, 0.15) is 43.0 Å². The predicted molar refractivity (Wildman–Crippen MR) is 124 cm³/mol. The Morgan fingerprint density at radius 3 is 2.50 bits per heavy atom. The first-order valence-corrected chi connectivity index (χ1v) is 11.8. The van der Waals surface area contributed by atoms with Crippen molar-refractivity contribution in [1.82, 2.24) is 0 Å². The number of hydrogen-bond acceptors (Lipinski definition) is 3. The van der Waals surface area contributed by atoms with Crippen LogP contribution in [-0.2, 0) is 15.4 Å². The molecule has 0 radical (unpaired) electrons. The molecule has 0 bridgehead atoms. The Labute approximate surface area is 183 Å². The molecule has 1 heterocycles. The molecule has 6 heteroatoms. The van der Waals surface area contributed by atoms with Crippen molar-refractivity contribution in [2.24, 2.45) is 0 Å². The number of rotatable bonds is 4. The van der Waals surface area contributed by atoms with Crippen LogP contribution in [0, 0.1) is 6.92 Å². The van der Waals surface area contributed by atoms with Crippen molar-refractivity contribution in [3.8, 4) is 0 Å². The van der Waals surface area contributed by atoms with Crippen LogP contribution in [0.4, 0.5) is 11.4 Å². The van der Waals surface area contributed by atoms with E-state index in [2.05, 4.69) is 23.9 Å². The molecule has 1 aliphatic heterocycles. The van der Waals surface area contributed by atoms with Gasteiger partial charge in [0.05, 0.1) is 10.9 Å². The Hall–Kier alpha value is -2.50. The molecule has 2 N–H and O–H groups in total. The van der Waals surface area contributed by atoms with Gasteiger partial charge in [-0.2, -0.15) is 0 Å². The predicted octanol–water partition coefficient (Wildman–Crippen LogP) is 6.28. The van der Waals surface area contributed by atoms with Gasteiger partial charge in [-0.1, -0.05) is 55.3 Å². The topological polar surface area (TPSA) is 58.2 Å². The Bertz CT molecular complexity index is 1190. The van der Waals surface area contributed by atoms with Gasteiger partial charge in [-0.3, -0.25) is 4.72 Å². The number of anilines is 2. The molecule has 0 saturated heterocycles. The maximum Gasteiger partial charge on any atom is 0.261 e. The molecular formula is C24H25ClN2O2S. The average molecular weight is 441 g/mol. The van der Waals surface area contributed by atoms with Gasteiger partial charge >= 0.3 is 0 Å². The van der Waals surface area contributed by atoms with E-state index in [0.717, 1.165) is 28.3 Å². The second-order valence-corrected chi connectivity index (χ2v) is 10.6. The first-order valence-electron chi connectivity index (χ1n) is 9.90. The molecule has 0 fully saturated rings. The van der Waals surface area contributed by atoms with Crippen LogP contribution in [0.15, 0.2) is 71.6 Å². The van der Waals surface area contributed by atoms with Gasteiger partial charge in [0.25, 0.3) is 10.0 Å². The Kier molecular flexibility index (Phi) is 5.28. The summed E-state index contributed by atoms with van der Waals surface area (Å²) in [5.41, 5.74) is 4.80. The van der Waals surface area contributed by atoms with Gasteiger partial charge < -0.3 is 5.32 Å². The summed E-state index contributed by atoms with van der Waals surface area (Å²) in [6, 6.07) is 20.4. The maximum atomic E-state index is 12.8. The smallest absolute Gasteiger partial charge is 0.261 e. The second kappa shape index (κ2) is 7.64. The van der Waals surface area contributed by atoms with Gasteiger partial charge in [-0.15, -0.1) is 0 Å². The summed E-state index contributed by atoms with van der Waals surface area (Å²) in [6.07, 6.45) is 0.870. The molecule has 3 aromatic rings. The fourth-order valence-electron chi connectivity index (χ4n) is 4.01. The third-order valence-corrected chi connectivity index (χ3v) is 7.26. The molecule has 0 aliphatic carbocycles. The van der Waals surface area contributed by atoms with Gasteiger partial charge in [-0.25, -0.2) is 8.42 Å². The summed E-state index contributed by atoms with van der Waals surface area (Å²) in [6.45, 7) is 6.35. The van der Waals surface area contributed by atoms with Crippen LogP contribution in [0.25, 0.3) is 0 Å². The van der Waals surface area contributed by atoms with Crippen LogP contribution < -0.4 is 10.0 Å². The summed E-state index contributed by atoms with van der Waals surface area (Å²) in [7, 11) is -3.64. The van der Waals surface area contributed by atoms with Gasteiger partial charge in [0.15, 0.2) is 0 Å². The van der Waals surface area contributed by atoms with Crippen LogP contribution in [0.2, 0.25) is 5.02 Å². The zero-order valence-electron chi connectivity index (χ0n) is 17.2. The molecule has 156 valence electrons. The molecule has 0 saturated carbocycles. The van der Waals surface area contributed by atoms with Crippen LogP contribution in [0.3, 0.4) is 0 Å². The first kappa shape index (κ1) is 20.8. The van der Waals surface area contributed by atoms with Gasteiger partial charge in [0.1, 0.15) is 0 Å². The number of aryl methyl sites for hydroxylation is 1. The lowest BCUT2D eigenvalue weighted by molar-refractivity contribution is 0.427. The van der Waals surface area contributed by atoms with E-state index >= 15 is 0 Å². The summed E-state index contributed by atoms with van der Waals surface area (Å²) in [5, 5.41) is 4.32. The zero-order chi connectivity index (χ0) is 21.5. The largest absolute Gasteiger partial charge is 0.378 e. The average Bonchev–Trinajstić information content (AvgIpc) is 2.68. The minimum absolute atomic E-state index is 0.0619. The first-order chi connectivity index (χ1) is 14.1. The molecule has 1 aliphatic rings. The van der Waals surface area contributed by atoms with Crippen molar-refractivity contribution in [2.45, 2.75) is 43.5 Å². The van der Waals surface area contributed by atoms with E-state index in [-0.39, 0.29) is 16.4 Å². The van der Waals surface area contributed by atoms with Crippen molar-refractivity contribution >= 4 is 33.0 Å². The third kappa shape index (κ3) is 4.18. The summed E-state index contributed by atoms with van der Waals surface area (Å²) < 4.78 is 28.2. The Morgan fingerprint density at radius 1 is 1.03 bits per heavy atom. The standard InChI is InChI=1S/C24H25ClN2O2S/c1-16-7-10-20(11-8-16)30(28,29)27-19-6-4-5-17(13-19)23-15-24(2,3)21-14-18(25)9-12-22(21)26-23/h4-14,23,26-27H,15H2,1-3H3. The van der Waals surface area contributed by atoms with Crippen LogP contribution in [0.5, 0.6) is 0 Å². The molecule has 1 atom stereocenters. The number of nitrogens with one attached hydrogen (secondary N) is 2. The van der Waals surface area contributed by atoms with E-state index in [1.54, 1.807) is 30.3 Å². The maximum absolute atomic E-state index is 12.8. The molecule has 4 nitrogen and oxygen atoms in total. The highest BCUT2D eigenvalue weighted by Crippen LogP contribution is 2.45. The highest BCUT2D eigenvalue weighted by atomic mass is 35.5. The highest BCUT2D eigenvalue weighted by molar-refractivity contribution is 7.92. The van der Waals surface area contributed by atoms with E-state index in [1.807, 2.05) is 43.3 Å². The summed E-state index contributed by atoms with van der Waals surface area (Å²) >= 11 is 6.21. The zero-order valence-corrected chi connectivity index (χ0v) is 18.8. The second-order valence-electron chi connectivity index (χ2n) is 8.52. The van der Waals surface area contributed by atoms with E-state index in [0.29, 0.717) is 5.69 Å². The third-order valence-electron chi connectivity index (χ3n) is 5.63. The van der Waals surface area contributed by atoms with Gasteiger partial charge in [0, 0.05) is 16.4 Å². The lowest BCUT2D eigenvalue weighted by atomic mass is 9.74. The molecule has 1 unspecified atom stereocenters. The van der Waals surface area contributed by atoms with Crippen molar-refractivity contribution < 1.29 is 8.42 Å². The minimum atomic E-state index is -3.64. The number of fused-ring (bicyclic) bond motifs is 1. The van der Waals surface area contributed by atoms with Gasteiger partial charge in [0.2, 0.25) is 0 Å². The van der Waals surface area contributed by atoms with Crippen molar-refractivity contribution in [3.05, 3.63) is 88.4 Å². The molecular weight excluding hydrogens is 416 g/mol. The van der Waals surface area contributed by atoms with Crippen LogP contribution in [-0.4, -0.2) is 8.42 Å². The number of sulfonamides is 1. The summed E-state index contributed by atoms with van der Waals surface area (Å²) in [4.78, 5) is 0.251. The van der Waals surface area contributed by atoms with Crippen LogP contribution >= 0.6 is 11.6 Å². The van der Waals surface area contributed by atoms with Crippen molar-refractivity contribution in [3.63, 3.8) is 0 Å². The fraction of sp³-hybridized carbons (Fsp3) is 0.250. The van der Waals surface area contributed by atoms with E-state index < -0.39 is 10.0 Å². The monoisotopic (exact) mass is 440 g/mol. The quantitative estimate of drug-likeness (QED) is 0.501. The van der Waals surface area contributed by atoms with E-state index in [9.17, 15) is 8.42 Å². The van der Waals surface area contributed by atoms with E-state index in [1.165, 1.54) is 5.56 Å². The van der Waals surface area contributed by atoms with Crippen molar-refractivity contribution in [2.75, 3.05) is 10.0 Å². The Morgan fingerprint density at radius 2 is 1.77 bits per heavy atom. The molecule has 4 rings (SSSR count). The Balaban J connectivity index is 1.61. The number of halogens is 1. The molecule has 30 heavy (non-hydrogen) atoms. The lowest BCUT2D eigenvalue weighted by Gasteiger charge is -2.39. The summed E-state index contributed by atoms with van der Waals surface area (Å²) in [5.74, 6) is 0. The molecule has 0 spiro atoms. The highest BCUT2D eigenvalue weighted by Gasteiger charge is 2.33. The number of hydrogen-bond donors (Lipinski definition) is 2. The lowest BCUT2D eigenvalue weighted by Crippen LogP contribution is -2.31. The van der Waals surface area contributed by atoms with Crippen molar-refractivity contribution in [1.29, 1.82) is 0 Å². The minimum Gasteiger partial charge on any atom is -0.378 e. The van der Waals surface area contributed by atoms with Gasteiger partial charge in [-0.05, 0) is 72.4 Å².